The molecule has 88 valence electrons. The predicted octanol–water partition coefficient (Wildman–Crippen LogP) is 0.888. The van der Waals surface area contributed by atoms with Gasteiger partial charge in [-0.2, -0.15) is 0 Å². The summed E-state index contributed by atoms with van der Waals surface area (Å²) in [5, 5.41) is 12.9. The van der Waals surface area contributed by atoms with E-state index in [2.05, 4.69) is 24.4 Å². The van der Waals surface area contributed by atoms with Gasteiger partial charge in [0.25, 0.3) is 0 Å². The van der Waals surface area contributed by atoms with Gasteiger partial charge >= 0.3 is 0 Å². The molecule has 0 saturated carbocycles. The van der Waals surface area contributed by atoms with Gasteiger partial charge in [0, 0.05) is 6.54 Å². The quantitative estimate of drug-likeness (QED) is 0.796. The fraction of sp³-hybridized carbons (Fsp3) is 0.538. The normalized spacial score (nSPS) is 25.6. The number of nitrogens with one attached hydrogen (secondary N) is 1. The molecule has 2 rings (SSSR count). The second kappa shape index (κ2) is 4.95. The fourth-order valence-electron chi connectivity index (χ4n) is 2.15. The molecule has 1 fully saturated rings. The van der Waals surface area contributed by atoms with Crippen LogP contribution in [0.1, 0.15) is 11.1 Å². The van der Waals surface area contributed by atoms with Crippen LogP contribution < -0.4 is 5.32 Å². The fourth-order valence-corrected chi connectivity index (χ4v) is 2.15. The van der Waals surface area contributed by atoms with Gasteiger partial charge in [0.15, 0.2) is 0 Å². The molecule has 2 N–H and O–H groups in total. The molecule has 3 heteroatoms. The monoisotopic (exact) mass is 221 g/mol. The van der Waals surface area contributed by atoms with Gasteiger partial charge in [0.1, 0.15) is 0 Å². The number of benzene rings is 1. The van der Waals surface area contributed by atoms with Crippen molar-refractivity contribution in [1.29, 1.82) is 0 Å². The highest BCUT2D eigenvalue weighted by molar-refractivity contribution is 5.27. The van der Waals surface area contributed by atoms with Crippen LogP contribution in [0.5, 0.6) is 0 Å². The smallest absolute Gasteiger partial charge is 0.0692 e. The van der Waals surface area contributed by atoms with Gasteiger partial charge in [-0.25, -0.2) is 0 Å². The Balaban J connectivity index is 2.15. The van der Waals surface area contributed by atoms with Gasteiger partial charge in [-0.1, -0.05) is 24.3 Å². The van der Waals surface area contributed by atoms with Crippen molar-refractivity contribution in [3.63, 3.8) is 0 Å². The van der Waals surface area contributed by atoms with Crippen molar-refractivity contribution in [2.24, 2.45) is 0 Å². The van der Waals surface area contributed by atoms with Gasteiger partial charge in [-0.3, -0.25) is 0 Å². The van der Waals surface area contributed by atoms with Crippen LogP contribution in [0.4, 0.5) is 0 Å². The molecule has 1 atom stereocenters. The molecule has 0 radical (unpaired) electrons. The van der Waals surface area contributed by atoms with Crippen molar-refractivity contribution >= 4 is 0 Å². The average molecular weight is 221 g/mol. The van der Waals surface area contributed by atoms with Gasteiger partial charge in [0.2, 0.25) is 0 Å². The minimum absolute atomic E-state index is 0.112. The molecule has 0 spiro atoms. The zero-order chi connectivity index (χ0) is 11.4. The first-order valence-electron chi connectivity index (χ1n) is 5.74. The summed E-state index contributed by atoms with van der Waals surface area (Å²) < 4.78 is 5.47. The van der Waals surface area contributed by atoms with Crippen molar-refractivity contribution < 1.29 is 9.84 Å². The number of hydrogen-bond acceptors (Lipinski definition) is 3. The van der Waals surface area contributed by atoms with E-state index in [1.54, 1.807) is 0 Å². The Labute approximate surface area is 96.4 Å². The molecule has 1 aliphatic heterocycles. The highest BCUT2D eigenvalue weighted by Gasteiger charge is 2.32. The lowest BCUT2D eigenvalue weighted by atomic mass is 9.89. The second-order valence-corrected chi connectivity index (χ2v) is 4.52. The summed E-state index contributed by atoms with van der Waals surface area (Å²) in [4.78, 5) is 0. The van der Waals surface area contributed by atoms with Gasteiger partial charge < -0.3 is 15.2 Å². The van der Waals surface area contributed by atoms with E-state index < -0.39 is 0 Å². The zero-order valence-electron chi connectivity index (χ0n) is 9.70. The first-order valence-corrected chi connectivity index (χ1v) is 5.74. The molecule has 1 unspecified atom stereocenters. The lowest BCUT2D eigenvalue weighted by Gasteiger charge is -2.37. The Hall–Kier alpha value is -0.900. The number of ether oxygens (including phenoxy) is 1. The molecule has 1 heterocycles. The van der Waals surface area contributed by atoms with Crippen LogP contribution in [0.15, 0.2) is 24.3 Å². The Morgan fingerprint density at radius 1 is 1.44 bits per heavy atom. The number of hydrogen-bond donors (Lipinski definition) is 2. The van der Waals surface area contributed by atoms with E-state index in [0.29, 0.717) is 6.61 Å². The van der Waals surface area contributed by atoms with E-state index in [1.807, 2.05) is 12.1 Å². The molecular weight excluding hydrogens is 202 g/mol. The van der Waals surface area contributed by atoms with E-state index in [9.17, 15) is 5.11 Å². The number of morpholine rings is 1. The summed E-state index contributed by atoms with van der Waals surface area (Å²) in [6.45, 7) is 4.34. The van der Waals surface area contributed by atoms with Crippen molar-refractivity contribution in [3.05, 3.63) is 35.4 Å². The molecule has 1 aromatic carbocycles. The van der Waals surface area contributed by atoms with E-state index in [1.165, 1.54) is 11.1 Å². The number of aliphatic hydroxyl groups excluding tert-OH is 1. The van der Waals surface area contributed by atoms with Crippen LogP contribution in [0, 0.1) is 6.92 Å². The minimum Gasteiger partial charge on any atom is -0.394 e. The molecule has 1 saturated heterocycles. The summed E-state index contributed by atoms with van der Waals surface area (Å²) in [7, 11) is 0. The van der Waals surface area contributed by atoms with Crippen LogP contribution in [0.3, 0.4) is 0 Å². The summed E-state index contributed by atoms with van der Waals surface area (Å²) in [6.07, 6.45) is 0.816. The molecule has 0 bridgehead atoms. The summed E-state index contributed by atoms with van der Waals surface area (Å²) >= 11 is 0. The second-order valence-electron chi connectivity index (χ2n) is 4.52. The van der Waals surface area contributed by atoms with E-state index in [-0.39, 0.29) is 12.1 Å². The van der Waals surface area contributed by atoms with Gasteiger partial charge in [0.05, 0.1) is 25.4 Å². The third kappa shape index (κ3) is 2.43. The summed E-state index contributed by atoms with van der Waals surface area (Å²) in [5.41, 5.74) is 2.24. The molecule has 16 heavy (non-hydrogen) atoms. The number of rotatable bonds is 3. The Kier molecular flexibility index (Phi) is 3.59. The maximum Gasteiger partial charge on any atom is 0.0692 e. The first kappa shape index (κ1) is 11.6. The van der Waals surface area contributed by atoms with Crippen LogP contribution in [0.2, 0.25) is 0 Å². The molecule has 0 aliphatic carbocycles. The Morgan fingerprint density at radius 3 is 2.88 bits per heavy atom. The van der Waals surface area contributed by atoms with Crippen molar-refractivity contribution in [2.75, 3.05) is 26.4 Å². The first-order chi connectivity index (χ1) is 7.76. The lowest BCUT2D eigenvalue weighted by molar-refractivity contribution is -0.000776. The lowest BCUT2D eigenvalue weighted by Crippen LogP contribution is -2.58. The van der Waals surface area contributed by atoms with Gasteiger partial charge in [-0.15, -0.1) is 0 Å². The molecule has 0 aromatic heterocycles. The molecule has 1 aliphatic rings. The maximum atomic E-state index is 9.55. The van der Waals surface area contributed by atoms with Gasteiger partial charge in [-0.05, 0) is 24.5 Å². The molecule has 0 amide bonds. The highest BCUT2D eigenvalue weighted by Crippen LogP contribution is 2.18. The van der Waals surface area contributed by atoms with Crippen molar-refractivity contribution in [1.82, 2.24) is 5.32 Å². The van der Waals surface area contributed by atoms with Crippen molar-refractivity contribution in [2.45, 2.75) is 18.9 Å². The topological polar surface area (TPSA) is 41.5 Å². The van der Waals surface area contributed by atoms with E-state index in [4.69, 9.17) is 4.74 Å². The van der Waals surface area contributed by atoms with Crippen molar-refractivity contribution in [3.8, 4) is 0 Å². The predicted molar refractivity (Wildman–Crippen MR) is 63.5 cm³/mol. The van der Waals surface area contributed by atoms with E-state index in [0.717, 1.165) is 19.6 Å². The molecular formula is C13H19NO2. The maximum absolute atomic E-state index is 9.55. The third-order valence-electron chi connectivity index (χ3n) is 3.22. The average Bonchev–Trinajstić information content (AvgIpc) is 2.33. The van der Waals surface area contributed by atoms with Crippen LogP contribution >= 0.6 is 0 Å². The molecule has 3 nitrogen and oxygen atoms in total. The Morgan fingerprint density at radius 2 is 2.25 bits per heavy atom. The standard InChI is InChI=1S/C13H19NO2/c1-11-4-2-3-5-12(11)8-13(9-15)10-16-7-6-14-13/h2-5,14-15H,6-10H2,1H3. The zero-order valence-corrected chi connectivity index (χ0v) is 9.70. The van der Waals surface area contributed by atoms with Crippen LogP contribution in [-0.2, 0) is 11.2 Å². The van der Waals surface area contributed by atoms with E-state index >= 15 is 0 Å². The third-order valence-corrected chi connectivity index (χ3v) is 3.22. The Bertz CT molecular complexity index is 346. The van der Waals surface area contributed by atoms with Crippen LogP contribution in [0.25, 0.3) is 0 Å². The SMILES string of the molecule is Cc1ccccc1CC1(CO)COCCN1. The summed E-state index contributed by atoms with van der Waals surface area (Å²) in [5.74, 6) is 0. The highest BCUT2D eigenvalue weighted by atomic mass is 16.5. The number of aryl methyl sites for hydroxylation is 1. The van der Waals surface area contributed by atoms with Crippen LogP contribution in [-0.4, -0.2) is 37.0 Å². The minimum atomic E-state index is -0.301. The largest absolute Gasteiger partial charge is 0.394 e. The number of aliphatic hydroxyl groups is 1. The molecule has 1 aromatic rings. The summed E-state index contributed by atoms with van der Waals surface area (Å²) in [6, 6.07) is 8.29.